The van der Waals surface area contributed by atoms with Gasteiger partial charge in [0.2, 0.25) is 5.91 Å². The molecule has 1 aromatic heterocycles. The summed E-state index contributed by atoms with van der Waals surface area (Å²) in [4.78, 5) is 24.4. The predicted molar refractivity (Wildman–Crippen MR) is 79.7 cm³/mol. The Labute approximate surface area is 123 Å². The van der Waals surface area contributed by atoms with Gasteiger partial charge in [0.05, 0.1) is 17.5 Å². The molecule has 0 aliphatic carbocycles. The Balaban J connectivity index is 2.48. The number of aliphatic hydroxyl groups excluding tert-OH is 1. The van der Waals surface area contributed by atoms with E-state index in [-0.39, 0.29) is 24.5 Å². The third-order valence-corrected chi connectivity index (χ3v) is 3.68. The Morgan fingerprint density at radius 3 is 2.50 bits per heavy atom. The van der Waals surface area contributed by atoms with Gasteiger partial charge in [-0.15, -0.1) is 11.3 Å². The molecule has 0 spiro atoms. The summed E-state index contributed by atoms with van der Waals surface area (Å²) < 4.78 is 0. The highest BCUT2D eigenvalue weighted by Crippen LogP contribution is 2.08. The van der Waals surface area contributed by atoms with Crippen LogP contribution >= 0.6 is 11.3 Å². The summed E-state index contributed by atoms with van der Waals surface area (Å²) in [5.74, 6) is -0.162. The number of thiophene rings is 1. The third-order valence-electron chi connectivity index (χ3n) is 2.81. The average Bonchev–Trinajstić information content (AvgIpc) is 2.90. The quantitative estimate of drug-likeness (QED) is 0.712. The van der Waals surface area contributed by atoms with Crippen LogP contribution in [0.2, 0.25) is 0 Å². The molecular weight excluding hydrogens is 276 g/mol. The minimum Gasteiger partial charge on any atom is -0.394 e. The van der Waals surface area contributed by atoms with Crippen LogP contribution in [0.3, 0.4) is 0 Å². The Hall–Kier alpha value is -1.40. The number of nitrogens with one attached hydrogen (secondary N) is 2. The molecule has 0 aromatic carbocycles. The lowest BCUT2D eigenvalue weighted by Gasteiger charge is -2.21. The zero-order chi connectivity index (χ0) is 15.1. The van der Waals surface area contributed by atoms with E-state index in [9.17, 15) is 14.7 Å². The fourth-order valence-corrected chi connectivity index (χ4v) is 2.44. The first-order valence-corrected chi connectivity index (χ1v) is 7.57. The molecule has 0 saturated heterocycles. The van der Waals surface area contributed by atoms with Gasteiger partial charge in [0, 0.05) is 0 Å². The van der Waals surface area contributed by atoms with Crippen molar-refractivity contribution in [3.05, 3.63) is 22.4 Å². The van der Waals surface area contributed by atoms with Crippen LogP contribution in [0, 0.1) is 5.92 Å². The molecule has 0 bridgehead atoms. The molecule has 112 valence electrons. The number of carbonyl (C=O) groups excluding carboxylic acids is 2. The normalized spacial score (nSPS) is 13.8. The zero-order valence-electron chi connectivity index (χ0n) is 12.1. The maximum atomic E-state index is 12.0. The number of carbonyl (C=O) groups is 2. The molecule has 2 amide bonds. The molecule has 0 aliphatic rings. The van der Waals surface area contributed by atoms with Crippen LogP contribution in [0.5, 0.6) is 0 Å². The lowest BCUT2D eigenvalue weighted by atomic mass is 10.0. The summed E-state index contributed by atoms with van der Waals surface area (Å²) in [6.07, 6.45) is 0.702. The van der Waals surface area contributed by atoms with Crippen LogP contribution in [0.1, 0.15) is 36.9 Å². The zero-order valence-corrected chi connectivity index (χ0v) is 12.9. The number of hydrogen-bond acceptors (Lipinski definition) is 4. The molecule has 1 rings (SSSR count). The first kappa shape index (κ1) is 16.7. The molecule has 5 nitrogen and oxygen atoms in total. The van der Waals surface area contributed by atoms with Crippen molar-refractivity contribution in [2.75, 3.05) is 6.61 Å². The third kappa shape index (κ3) is 5.30. The molecule has 6 heteroatoms. The van der Waals surface area contributed by atoms with Crippen molar-refractivity contribution in [3.63, 3.8) is 0 Å². The molecule has 0 radical (unpaired) electrons. The van der Waals surface area contributed by atoms with Crippen molar-refractivity contribution in [2.24, 2.45) is 5.92 Å². The van der Waals surface area contributed by atoms with Crippen molar-refractivity contribution in [2.45, 2.75) is 39.3 Å². The Bertz CT molecular complexity index is 432. The van der Waals surface area contributed by atoms with Crippen LogP contribution in [0.4, 0.5) is 0 Å². The molecule has 2 unspecified atom stereocenters. The minimum atomic E-state index is -0.634. The van der Waals surface area contributed by atoms with Gasteiger partial charge < -0.3 is 15.7 Å². The minimum absolute atomic E-state index is 0.102. The van der Waals surface area contributed by atoms with Crippen molar-refractivity contribution >= 4 is 23.2 Å². The molecule has 0 saturated carbocycles. The second-order valence-corrected chi connectivity index (χ2v) is 6.14. The highest BCUT2D eigenvalue weighted by molar-refractivity contribution is 7.12. The summed E-state index contributed by atoms with van der Waals surface area (Å²) in [7, 11) is 0. The highest BCUT2D eigenvalue weighted by atomic mass is 32.1. The first-order chi connectivity index (χ1) is 9.43. The van der Waals surface area contributed by atoms with Crippen molar-refractivity contribution in [3.8, 4) is 0 Å². The van der Waals surface area contributed by atoms with E-state index < -0.39 is 6.04 Å². The van der Waals surface area contributed by atoms with Gasteiger partial charge in [-0.1, -0.05) is 19.9 Å². The Kier molecular flexibility index (Phi) is 6.67. The second kappa shape index (κ2) is 8.01. The van der Waals surface area contributed by atoms with Crippen LogP contribution in [0.15, 0.2) is 17.5 Å². The maximum absolute atomic E-state index is 12.0. The van der Waals surface area contributed by atoms with E-state index >= 15 is 0 Å². The number of rotatable bonds is 7. The largest absolute Gasteiger partial charge is 0.394 e. The van der Waals surface area contributed by atoms with Crippen molar-refractivity contribution in [1.82, 2.24) is 10.6 Å². The summed E-state index contributed by atoms with van der Waals surface area (Å²) in [6.45, 7) is 5.58. The summed E-state index contributed by atoms with van der Waals surface area (Å²) >= 11 is 1.33. The Morgan fingerprint density at radius 2 is 2.00 bits per heavy atom. The van der Waals surface area contributed by atoms with Gasteiger partial charge in [-0.3, -0.25) is 9.59 Å². The van der Waals surface area contributed by atoms with E-state index in [2.05, 4.69) is 10.6 Å². The fraction of sp³-hybridized carbons (Fsp3) is 0.571. The summed E-state index contributed by atoms with van der Waals surface area (Å²) in [6, 6.07) is 2.59. The summed E-state index contributed by atoms with van der Waals surface area (Å²) in [5, 5.41) is 16.4. The van der Waals surface area contributed by atoms with Crippen LogP contribution in [-0.4, -0.2) is 35.6 Å². The van der Waals surface area contributed by atoms with Gasteiger partial charge in [0.1, 0.15) is 6.04 Å². The molecule has 1 heterocycles. The lowest BCUT2D eigenvalue weighted by molar-refractivity contribution is -0.123. The van der Waals surface area contributed by atoms with E-state index in [1.807, 2.05) is 19.2 Å². The molecular formula is C14H22N2O3S. The average molecular weight is 298 g/mol. The lowest BCUT2D eigenvalue weighted by Crippen LogP contribution is -2.49. The van der Waals surface area contributed by atoms with Crippen molar-refractivity contribution < 1.29 is 14.7 Å². The molecule has 1 aromatic rings. The monoisotopic (exact) mass is 298 g/mol. The van der Waals surface area contributed by atoms with Gasteiger partial charge in [-0.2, -0.15) is 0 Å². The summed E-state index contributed by atoms with van der Waals surface area (Å²) in [5.41, 5.74) is 0. The first-order valence-electron chi connectivity index (χ1n) is 6.69. The molecule has 20 heavy (non-hydrogen) atoms. The second-order valence-electron chi connectivity index (χ2n) is 5.19. The van der Waals surface area contributed by atoms with E-state index in [1.165, 1.54) is 11.3 Å². The van der Waals surface area contributed by atoms with Gasteiger partial charge in [0.15, 0.2) is 0 Å². The molecule has 0 fully saturated rings. The van der Waals surface area contributed by atoms with E-state index in [1.54, 1.807) is 19.1 Å². The van der Waals surface area contributed by atoms with Crippen molar-refractivity contribution in [1.29, 1.82) is 0 Å². The van der Waals surface area contributed by atoms with Gasteiger partial charge in [-0.05, 0) is 30.7 Å². The topological polar surface area (TPSA) is 78.4 Å². The number of aliphatic hydroxyl groups is 1. The van der Waals surface area contributed by atoms with E-state index in [0.29, 0.717) is 17.2 Å². The van der Waals surface area contributed by atoms with Crippen LogP contribution < -0.4 is 10.6 Å². The predicted octanol–water partition coefficient (Wildman–Crippen LogP) is 1.39. The van der Waals surface area contributed by atoms with Gasteiger partial charge in [0.25, 0.3) is 5.91 Å². The Morgan fingerprint density at radius 1 is 1.30 bits per heavy atom. The van der Waals surface area contributed by atoms with Gasteiger partial charge in [-0.25, -0.2) is 0 Å². The number of hydrogen-bond donors (Lipinski definition) is 3. The number of amides is 2. The van der Waals surface area contributed by atoms with E-state index in [0.717, 1.165) is 0 Å². The molecule has 0 aliphatic heterocycles. The maximum Gasteiger partial charge on any atom is 0.261 e. The van der Waals surface area contributed by atoms with Gasteiger partial charge >= 0.3 is 0 Å². The highest BCUT2D eigenvalue weighted by Gasteiger charge is 2.20. The standard InChI is InChI=1S/C14H22N2O3S/c1-9(2)7-11(8-17)16-13(18)10(3)15-14(19)12-5-4-6-20-12/h4-6,9-11,17H,7-8H2,1-3H3,(H,15,19)(H,16,18). The SMILES string of the molecule is CC(C)CC(CO)NC(=O)C(C)NC(=O)c1cccs1. The molecule has 3 N–H and O–H groups in total. The van der Waals surface area contributed by atoms with Crippen LogP contribution in [-0.2, 0) is 4.79 Å². The molecule has 2 atom stereocenters. The van der Waals surface area contributed by atoms with Crippen LogP contribution in [0.25, 0.3) is 0 Å². The fourth-order valence-electron chi connectivity index (χ4n) is 1.82. The smallest absolute Gasteiger partial charge is 0.261 e. The van der Waals surface area contributed by atoms with E-state index in [4.69, 9.17) is 0 Å².